The molecule has 0 saturated carbocycles. The Balaban J connectivity index is 0.000000359. The van der Waals surface area contributed by atoms with Crippen molar-refractivity contribution in [2.24, 2.45) is 0 Å². The first-order chi connectivity index (χ1) is 13.3. The Morgan fingerprint density at radius 3 is 2.24 bits per heavy atom. The molecule has 1 saturated heterocycles. The number of hydrogen-bond acceptors (Lipinski definition) is 7. The highest BCUT2D eigenvalue weighted by molar-refractivity contribution is 6.30. The SMILES string of the molecule is CCC[C@@H]1NC(C)(C)CO[C@@]1(O)c1cccc(Cl)c1.O=C(O)[C@@H](O)[C@H](O)C(=O)O. The first-order valence-electron chi connectivity index (χ1n) is 9.06. The summed E-state index contributed by atoms with van der Waals surface area (Å²) in [6.45, 7) is 6.71. The molecule has 0 bridgehead atoms. The van der Waals surface area contributed by atoms with Gasteiger partial charge in [-0.25, -0.2) is 9.59 Å². The number of aliphatic hydroxyl groups is 3. The van der Waals surface area contributed by atoms with Crippen LogP contribution in [-0.4, -0.2) is 67.9 Å². The Morgan fingerprint density at radius 1 is 1.24 bits per heavy atom. The Kier molecular flexibility index (Phi) is 9.01. The average molecular weight is 434 g/mol. The van der Waals surface area contributed by atoms with Crippen LogP contribution in [0.15, 0.2) is 24.3 Å². The first kappa shape index (κ1) is 25.3. The minimum absolute atomic E-state index is 0.134. The van der Waals surface area contributed by atoms with Crippen LogP contribution in [0.4, 0.5) is 0 Å². The number of aliphatic hydroxyl groups excluding tert-OH is 2. The van der Waals surface area contributed by atoms with Crippen LogP contribution in [-0.2, 0) is 20.1 Å². The molecule has 0 aliphatic carbocycles. The minimum Gasteiger partial charge on any atom is -0.479 e. The highest BCUT2D eigenvalue weighted by Gasteiger charge is 2.46. The van der Waals surface area contributed by atoms with Crippen molar-refractivity contribution in [3.8, 4) is 0 Å². The molecule has 1 heterocycles. The zero-order valence-corrected chi connectivity index (χ0v) is 17.3. The molecule has 0 aromatic heterocycles. The lowest BCUT2D eigenvalue weighted by atomic mass is 9.89. The number of rotatable bonds is 6. The molecule has 29 heavy (non-hydrogen) atoms. The van der Waals surface area contributed by atoms with Crippen LogP contribution in [0.25, 0.3) is 0 Å². The minimum atomic E-state index is -2.27. The summed E-state index contributed by atoms with van der Waals surface area (Å²) in [5, 5.41) is 47.6. The van der Waals surface area contributed by atoms with E-state index < -0.39 is 29.9 Å². The molecule has 0 radical (unpaired) electrons. The molecule has 2 rings (SSSR count). The number of carboxylic acid groups (broad SMARTS) is 2. The van der Waals surface area contributed by atoms with Gasteiger partial charge < -0.3 is 35.6 Å². The summed E-state index contributed by atoms with van der Waals surface area (Å²) < 4.78 is 5.82. The Labute approximate surface area is 173 Å². The third-order valence-corrected chi connectivity index (χ3v) is 4.55. The second-order valence-corrected chi connectivity index (χ2v) is 7.87. The third kappa shape index (κ3) is 6.91. The topological polar surface area (TPSA) is 157 Å². The van der Waals surface area contributed by atoms with E-state index in [-0.39, 0.29) is 11.6 Å². The molecule has 0 unspecified atom stereocenters. The zero-order valence-electron chi connectivity index (χ0n) is 16.5. The first-order valence-corrected chi connectivity index (χ1v) is 9.43. The monoisotopic (exact) mass is 433 g/mol. The van der Waals surface area contributed by atoms with Crippen LogP contribution >= 0.6 is 11.6 Å². The van der Waals surface area contributed by atoms with Crippen molar-refractivity contribution in [1.82, 2.24) is 5.32 Å². The Hall–Kier alpha value is -1.75. The van der Waals surface area contributed by atoms with Gasteiger partial charge in [-0.2, -0.15) is 0 Å². The van der Waals surface area contributed by atoms with E-state index in [1.54, 1.807) is 12.1 Å². The number of benzene rings is 1. The lowest BCUT2D eigenvalue weighted by Gasteiger charge is -2.47. The molecule has 9 nitrogen and oxygen atoms in total. The predicted molar refractivity (Wildman–Crippen MR) is 104 cm³/mol. The van der Waals surface area contributed by atoms with Crippen molar-refractivity contribution in [3.63, 3.8) is 0 Å². The molecule has 1 aliphatic rings. The number of aliphatic carboxylic acids is 2. The van der Waals surface area contributed by atoms with Crippen molar-refractivity contribution in [2.45, 2.75) is 63.2 Å². The van der Waals surface area contributed by atoms with E-state index >= 15 is 0 Å². The molecule has 4 atom stereocenters. The average Bonchev–Trinajstić information content (AvgIpc) is 2.64. The summed E-state index contributed by atoms with van der Waals surface area (Å²) in [7, 11) is 0. The summed E-state index contributed by atoms with van der Waals surface area (Å²) in [5.74, 6) is -4.85. The predicted octanol–water partition coefficient (Wildman–Crippen LogP) is 0.930. The van der Waals surface area contributed by atoms with Gasteiger partial charge in [0.2, 0.25) is 5.79 Å². The van der Waals surface area contributed by atoms with Gasteiger partial charge >= 0.3 is 11.9 Å². The van der Waals surface area contributed by atoms with Gasteiger partial charge in [-0.15, -0.1) is 0 Å². The zero-order chi connectivity index (χ0) is 22.4. The molecule has 1 aromatic rings. The standard InChI is InChI=1S/C15H22ClNO2.C4H6O6/c1-4-6-13-15(18,19-10-14(2,3)17-13)11-7-5-8-12(16)9-11;5-1(3(7)8)2(6)4(9)10/h5,7-9,13,17-18H,4,6,10H2,1-3H3;1-2,5-6H,(H,7,8)(H,9,10)/t13-,15-;1-,2-/m00/s1. The van der Waals surface area contributed by atoms with Gasteiger partial charge in [-0.05, 0) is 32.4 Å². The molecular formula is C19H28ClNO8. The fraction of sp³-hybridized carbons (Fsp3) is 0.579. The number of halogens is 1. The van der Waals surface area contributed by atoms with E-state index in [4.69, 9.17) is 36.8 Å². The maximum Gasteiger partial charge on any atom is 0.335 e. The van der Waals surface area contributed by atoms with Crippen molar-refractivity contribution in [2.75, 3.05) is 6.61 Å². The lowest BCUT2D eigenvalue weighted by Crippen LogP contribution is -2.64. The Morgan fingerprint density at radius 2 is 1.79 bits per heavy atom. The lowest BCUT2D eigenvalue weighted by molar-refractivity contribution is -0.267. The van der Waals surface area contributed by atoms with E-state index in [9.17, 15) is 14.7 Å². The van der Waals surface area contributed by atoms with Gasteiger partial charge in [-0.1, -0.05) is 37.1 Å². The molecule has 1 aromatic carbocycles. The summed E-state index contributed by atoms with van der Waals surface area (Å²) in [5.41, 5.74) is 0.575. The van der Waals surface area contributed by atoms with E-state index in [1.165, 1.54) is 0 Å². The number of carbonyl (C=O) groups is 2. The van der Waals surface area contributed by atoms with Gasteiger partial charge in [0.15, 0.2) is 12.2 Å². The molecule has 0 spiro atoms. The number of morpholine rings is 1. The summed E-state index contributed by atoms with van der Waals surface area (Å²) in [6, 6.07) is 7.11. The summed E-state index contributed by atoms with van der Waals surface area (Å²) in [6.07, 6.45) is -2.72. The number of carboxylic acids is 2. The quantitative estimate of drug-likeness (QED) is 0.384. The van der Waals surface area contributed by atoms with Crippen molar-refractivity contribution < 1.29 is 39.9 Å². The molecular weight excluding hydrogens is 406 g/mol. The largest absolute Gasteiger partial charge is 0.479 e. The second kappa shape index (κ2) is 10.3. The molecule has 0 amide bonds. The molecule has 1 aliphatic heterocycles. The molecule has 10 heteroatoms. The summed E-state index contributed by atoms with van der Waals surface area (Å²) in [4.78, 5) is 19.5. The van der Waals surface area contributed by atoms with Crippen LogP contribution in [0.1, 0.15) is 39.2 Å². The number of nitrogens with one attached hydrogen (secondary N) is 1. The van der Waals surface area contributed by atoms with Crippen molar-refractivity contribution >= 4 is 23.5 Å². The number of hydrogen-bond donors (Lipinski definition) is 6. The van der Waals surface area contributed by atoms with Crippen LogP contribution in [0, 0.1) is 0 Å². The molecule has 1 fully saturated rings. The van der Waals surface area contributed by atoms with Crippen LogP contribution in [0.3, 0.4) is 0 Å². The van der Waals surface area contributed by atoms with Gasteiger partial charge in [0.1, 0.15) is 0 Å². The maximum absolute atomic E-state index is 10.9. The second-order valence-electron chi connectivity index (χ2n) is 7.43. The van der Waals surface area contributed by atoms with Crippen LogP contribution in [0.5, 0.6) is 0 Å². The van der Waals surface area contributed by atoms with E-state index in [2.05, 4.69) is 26.1 Å². The van der Waals surface area contributed by atoms with Crippen molar-refractivity contribution in [3.05, 3.63) is 34.9 Å². The van der Waals surface area contributed by atoms with E-state index in [0.29, 0.717) is 17.2 Å². The fourth-order valence-corrected chi connectivity index (χ4v) is 3.01. The highest BCUT2D eigenvalue weighted by atomic mass is 35.5. The molecule has 164 valence electrons. The van der Waals surface area contributed by atoms with Gasteiger partial charge in [0, 0.05) is 16.1 Å². The van der Waals surface area contributed by atoms with Gasteiger partial charge in [-0.3, -0.25) is 0 Å². The van der Waals surface area contributed by atoms with Crippen LogP contribution < -0.4 is 5.32 Å². The fourth-order valence-electron chi connectivity index (χ4n) is 2.82. The van der Waals surface area contributed by atoms with E-state index in [1.807, 2.05) is 12.1 Å². The maximum atomic E-state index is 10.9. The third-order valence-electron chi connectivity index (χ3n) is 4.31. The van der Waals surface area contributed by atoms with Crippen LogP contribution in [0.2, 0.25) is 5.02 Å². The normalized spacial score (nSPS) is 25.3. The number of ether oxygens (including phenoxy) is 1. The van der Waals surface area contributed by atoms with Crippen molar-refractivity contribution in [1.29, 1.82) is 0 Å². The smallest absolute Gasteiger partial charge is 0.335 e. The molecule has 6 N–H and O–H groups in total. The van der Waals surface area contributed by atoms with E-state index in [0.717, 1.165) is 12.8 Å². The van der Waals surface area contributed by atoms with Gasteiger partial charge in [0.05, 0.1) is 12.6 Å². The highest BCUT2D eigenvalue weighted by Crippen LogP contribution is 2.35. The Bertz CT molecular complexity index is 695. The van der Waals surface area contributed by atoms with Gasteiger partial charge in [0.25, 0.3) is 0 Å². The summed E-state index contributed by atoms with van der Waals surface area (Å²) >= 11 is 6.02.